The van der Waals surface area contributed by atoms with Crippen LogP contribution in [0.15, 0.2) is 48.5 Å². The Morgan fingerprint density at radius 1 is 1.08 bits per heavy atom. The van der Waals surface area contributed by atoms with Gasteiger partial charge in [0.05, 0.1) is 12.0 Å². The highest BCUT2D eigenvalue weighted by Gasteiger charge is 2.31. The number of likely N-dealkylation sites (N-methyl/N-ethyl adjacent to an activating group) is 1. The highest BCUT2D eigenvalue weighted by Crippen LogP contribution is 2.33. The summed E-state index contributed by atoms with van der Waals surface area (Å²) in [4.78, 5) is 13.2. The molecule has 0 N–H and O–H groups in total. The van der Waals surface area contributed by atoms with Crippen molar-refractivity contribution < 1.29 is 22.7 Å². The number of rotatable bonds is 5. The fraction of sp³-hybridized carbons (Fsp3) is 0.278. The summed E-state index contributed by atoms with van der Waals surface area (Å²) in [6.45, 7) is 0.218. The summed E-state index contributed by atoms with van der Waals surface area (Å²) in [6, 6.07) is 12.5. The van der Waals surface area contributed by atoms with Crippen LogP contribution in [0.2, 0.25) is 0 Å². The maximum absolute atomic E-state index is 12.9. The molecule has 0 fully saturated rings. The molecule has 2 rings (SSSR count). The first-order valence-corrected chi connectivity index (χ1v) is 7.34. The summed E-state index contributed by atoms with van der Waals surface area (Å²) in [5.74, 6) is -0.0130. The highest BCUT2D eigenvalue weighted by molar-refractivity contribution is 5.79. The van der Waals surface area contributed by atoms with E-state index in [4.69, 9.17) is 4.74 Å². The monoisotopic (exact) mass is 337 g/mol. The van der Waals surface area contributed by atoms with Crippen LogP contribution in [0.25, 0.3) is 0 Å². The molecule has 0 bridgehead atoms. The molecular formula is C18H18F3NO2. The van der Waals surface area contributed by atoms with Crippen LogP contribution in [0.3, 0.4) is 0 Å². The largest absolute Gasteiger partial charge is 0.489 e. The van der Waals surface area contributed by atoms with E-state index in [0.717, 1.165) is 17.7 Å². The number of carbonyl (C=O) groups is 1. The first kappa shape index (κ1) is 17.8. The molecular weight excluding hydrogens is 319 g/mol. The number of alkyl halides is 3. The summed E-state index contributed by atoms with van der Waals surface area (Å²) in [5, 5.41) is 0. The summed E-state index contributed by atoms with van der Waals surface area (Å²) in [5.41, 5.74) is 0.317. The van der Waals surface area contributed by atoms with E-state index >= 15 is 0 Å². The molecule has 6 heteroatoms. The van der Waals surface area contributed by atoms with Gasteiger partial charge in [0.15, 0.2) is 0 Å². The molecule has 0 heterocycles. The van der Waals surface area contributed by atoms with Crippen molar-refractivity contribution in [1.82, 2.24) is 4.90 Å². The van der Waals surface area contributed by atoms with Gasteiger partial charge in [-0.15, -0.1) is 0 Å². The molecule has 128 valence electrons. The predicted molar refractivity (Wildman–Crippen MR) is 84.6 cm³/mol. The molecule has 2 aromatic carbocycles. The Labute approximate surface area is 138 Å². The summed E-state index contributed by atoms with van der Waals surface area (Å²) in [7, 11) is 3.11. The molecule has 3 nitrogen and oxygen atoms in total. The molecule has 0 atom stereocenters. The zero-order valence-corrected chi connectivity index (χ0v) is 13.4. The van der Waals surface area contributed by atoms with Gasteiger partial charge in [0, 0.05) is 19.7 Å². The number of hydrogen-bond acceptors (Lipinski definition) is 2. The predicted octanol–water partition coefficient (Wildman–Crippen LogP) is 3.92. The molecule has 0 unspecified atom stereocenters. The van der Waals surface area contributed by atoms with Gasteiger partial charge in [0.1, 0.15) is 12.4 Å². The first-order chi connectivity index (χ1) is 11.3. The van der Waals surface area contributed by atoms with Crippen molar-refractivity contribution in [1.29, 1.82) is 0 Å². The molecule has 0 radical (unpaired) electrons. The van der Waals surface area contributed by atoms with Gasteiger partial charge >= 0.3 is 6.18 Å². The lowest BCUT2D eigenvalue weighted by molar-refractivity contribution is -0.137. The van der Waals surface area contributed by atoms with Crippen LogP contribution in [-0.4, -0.2) is 24.9 Å². The van der Waals surface area contributed by atoms with Crippen molar-refractivity contribution in [3.8, 4) is 5.75 Å². The minimum atomic E-state index is -4.46. The maximum atomic E-state index is 12.9. The molecule has 0 aromatic heterocycles. The normalized spacial score (nSPS) is 11.2. The maximum Gasteiger partial charge on any atom is 0.416 e. The van der Waals surface area contributed by atoms with E-state index in [1.807, 2.05) is 30.3 Å². The second-order valence-electron chi connectivity index (χ2n) is 5.56. The van der Waals surface area contributed by atoms with Crippen LogP contribution in [0.4, 0.5) is 13.2 Å². The molecule has 0 saturated heterocycles. The Balaban J connectivity index is 2.26. The fourth-order valence-electron chi connectivity index (χ4n) is 2.09. The molecule has 0 spiro atoms. The van der Waals surface area contributed by atoms with Gasteiger partial charge in [0.2, 0.25) is 5.91 Å². The Hall–Kier alpha value is -2.50. The summed E-state index contributed by atoms with van der Waals surface area (Å²) in [6.07, 6.45) is -4.62. The van der Waals surface area contributed by atoms with Crippen molar-refractivity contribution in [2.75, 3.05) is 14.1 Å². The Morgan fingerprint density at radius 3 is 2.33 bits per heavy atom. The van der Waals surface area contributed by atoms with Gasteiger partial charge in [-0.3, -0.25) is 4.79 Å². The number of halogens is 3. The number of amides is 1. The third kappa shape index (κ3) is 4.75. The SMILES string of the molecule is CN(C)C(=O)Cc1cc(C(F)(F)F)ccc1OCc1ccccc1. The summed E-state index contributed by atoms with van der Waals surface area (Å²) >= 11 is 0. The highest BCUT2D eigenvalue weighted by atomic mass is 19.4. The van der Waals surface area contributed by atoms with Crippen molar-refractivity contribution >= 4 is 5.91 Å². The van der Waals surface area contributed by atoms with Gasteiger partial charge in [0.25, 0.3) is 0 Å². The lowest BCUT2D eigenvalue weighted by Crippen LogP contribution is -2.24. The van der Waals surface area contributed by atoms with Crippen molar-refractivity contribution in [2.24, 2.45) is 0 Å². The third-order valence-electron chi connectivity index (χ3n) is 3.47. The van der Waals surface area contributed by atoms with Crippen molar-refractivity contribution in [3.05, 3.63) is 65.2 Å². The van der Waals surface area contributed by atoms with E-state index in [9.17, 15) is 18.0 Å². The minimum absolute atomic E-state index is 0.152. The fourth-order valence-corrected chi connectivity index (χ4v) is 2.09. The first-order valence-electron chi connectivity index (χ1n) is 7.34. The number of hydrogen-bond donors (Lipinski definition) is 0. The van der Waals surface area contributed by atoms with Gasteiger partial charge in [-0.2, -0.15) is 13.2 Å². The standard InChI is InChI=1S/C18H18F3NO2/c1-22(2)17(23)11-14-10-15(18(19,20)21)8-9-16(14)24-12-13-6-4-3-5-7-13/h3-10H,11-12H2,1-2H3. The summed E-state index contributed by atoms with van der Waals surface area (Å²) < 4.78 is 44.4. The van der Waals surface area contributed by atoms with Gasteiger partial charge in [-0.05, 0) is 23.8 Å². The van der Waals surface area contributed by atoms with E-state index in [1.54, 1.807) is 14.1 Å². The molecule has 0 aliphatic carbocycles. The van der Waals surface area contributed by atoms with E-state index in [-0.39, 0.29) is 30.2 Å². The van der Waals surface area contributed by atoms with E-state index in [1.165, 1.54) is 11.0 Å². The molecule has 1 amide bonds. The zero-order chi connectivity index (χ0) is 17.7. The van der Waals surface area contributed by atoms with Crippen LogP contribution in [0.5, 0.6) is 5.75 Å². The van der Waals surface area contributed by atoms with Crippen LogP contribution >= 0.6 is 0 Å². The number of carbonyl (C=O) groups excluding carboxylic acids is 1. The second kappa shape index (κ2) is 7.38. The molecule has 0 saturated carbocycles. The van der Waals surface area contributed by atoms with E-state index in [0.29, 0.717) is 0 Å². The lowest BCUT2D eigenvalue weighted by atomic mass is 10.1. The molecule has 0 aliphatic heterocycles. The smallest absolute Gasteiger partial charge is 0.416 e. The zero-order valence-electron chi connectivity index (χ0n) is 13.4. The molecule has 0 aliphatic rings. The number of benzene rings is 2. The number of nitrogens with zero attached hydrogens (tertiary/aromatic N) is 1. The average Bonchev–Trinajstić information content (AvgIpc) is 2.53. The number of ether oxygens (including phenoxy) is 1. The molecule has 24 heavy (non-hydrogen) atoms. The van der Waals surface area contributed by atoms with Gasteiger partial charge in [-0.25, -0.2) is 0 Å². The Morgan fingerprint density at radius 2 is 1.75 bits per heavy atom. The minimum Gasteiger partial charge on any atom is -0.489 e. The van der Waals surface area contributed by atoms with E-state index < -0.39 is 11.7 Å². The van der Waals surface area contributed by atoms with E-state index in [2.05, 4.69) is 0 Å². The Kier molecular flexibility index (Phi) is 5.49. The van der Waals surface area contributed by atoms with Gasteiger partial charge < -0.3 is 9.64 Å². The topological polar surface area (TPSA) is 29.5 Å². The molecule has 2 aromatic rings. The third-order valence-corrected chi connectivity index (χ3v) is 3.47. The van der Waals surface area contributed by atoms with Gasteiger partial charge in [-0.1, -0.05) is 30.3 Å². The van der Waals surface area contributed by atoms with Crippen molar-refractivity contribution in [3.63, 3.8) is 0 Å². The average molecular weight is 337 g/mol. The quantitative estimate of drug-likeness (QED) is 0.828. The lowest BCUT2D eigenvalue weighted by Gasteiger charge is -2.16. The van der Waals surface area contributed by atoms with Crippen LogP contribution in [0, 0.1) is 0 Å². The second-order valence-corrected chi connectivity index (χ2v) is 5.56. The Bertz CT molecular complexity index is 697. The van der Waals surface area contributed by atoms with Crippen LogP contribution in [-0.2, 0) is 24.0 Å². The van der Waals surface area contributed by atoms with Crippen LogP contribution < -0.4 is 4.74 Å². The van der Waals surface area contributed by atoms with Crippen LogP contribution in [0.1, 0.15) is 16.7 Å². The van der Waals surface area contributed by atoms with Crippen molar-refractivity contribution in [2.45, 2.75) is 19.2 Å².